The second kappa shape index (κ2) is 5.96. The van der Waals surface area contributed by atoms with Crippen LogP contribution in [0.15, 0.2) is 24.3 Å². The molecule has 1 aromatic carbocycles. The number of halogens is 1. The Balaban J connectivity index is 1.95. The molecule has 0 saturated carbocycles. The molecule has 0 radical (unpaired) electrons. The van der Waals surface area contributed by atoms with E-state index in [1.54, 1.807) is 12.1 Å². The molecule has 0 amide bonds. The van der Waals surface area contributed by atoms with Gasteiger partial charge in [0.15, 0.2) is 0 Å². The van der Waals surface area contributed by atoms with Crippen molar-refractivity contribution in [2.24, 2.45) is 0 Å². The first-order chi connectivity index (χ1) is 8.69. The lowest BCUT2D eigenvalue weighted by atomic mass is 10.1. The maximum Gasteiger partial charge on any atom is 0.337 e. The summed E-state index contributed by atoms with van der Waals surface area (Å²) in [6, 6.07) is 7.29. The van der Waals surface area contributed by atoms with E-state index in [4.69, 9.17) is 0 Å². The zero-order chi connectivity index (χ0) is 13.0. The smallest absolute Gasteiger partial charge is 0.337 e. The summed E-state index contributed by atoms with van der Waals surface area (Å²) in [5.41, 5.74) is 1.64. The molecule has 4 heteroatoms. The van der Waals surface area contributed by atoms with Crippen molar-refractivity contribution in [3.63, 3.8) is 0 Å². The summed E-state index contributed by atoms with van der Waals surface area (Å²) >= 11 is 0. The number of ether oxygens (including phenoxy) is 1. The summed E-state index contributed by atoms with van der Waals surface area (Å²) in [5.74, 6) is -0.330. The molecule has 1 aromatic rings. The van der Waals surface area contributed by atoms with E-state index in [2.05, 4.69) is 9.64 Å². The highest BCUT2D eigenvalue weighted by Gasteiger charge is 2.18. The van der Waals surface area contributed by atoms with Gasteiger partial charge in [-0.15, -0.1) is 0 Å². The first-order valence-corrected chi connectivity index (χ1v) is 6.22. The molecule has 1 heterocycles. The third kappa shape index (κ3) is 3.29. The highest BCUT2D eigenvalue weighted by molar-refractivity contribution is 5.89. The Morgan fingerprint density at radius 3 is 2.78 bits per heavy atom. The Bertz CT molecular complexity index is 405. The van der Waals surface area contributed by atoms with Crippen molar-refractivity contribution >= 4 is 5.97 Å². The van der Waals surface area contributed by atoms with Gasteiger partial charge >= 0.3 is 5.97 Å². The van der Waals surface area contributed by atoms with Crippen molar-refractivity contribution < 1.29 is 13.9 Å². The lowest BCUT2D eigenvalue weighted by molar-refractivity contribution is 0.0600. The van der Waals surface area contributed by atoms with Crippen molar-refractivity contribution in [2.75, 3.05) is 20.2 Å². The molecule has 1 saturated heterocycles. The van der Waals surface area contributed by atoms with Gasteiger partial charge in [-0.1, -0.05) is 12.1 Å². The van der Waals surface area contributed by atoms with E-state index in [9.17, 15) is 9.18 Å². The number of rotatable bonds is 3. The van der Waals surface area contributed by atoms with Crippen molar-refractivity contribution in [2.45, 2.75) is 25.6 Å². The molecule has 1 aliphatic heterocycles. The number of carbonyl (C=O) groups is 1. The molecular weight excluding hydrogens is 233 g/mol. The van der Waals surface area contributed by atoms with Crippen LogP contribution in [0, 0.1) is 0 Å². The summed E-state index contributed by atoms with van der Waals surface area (Å²) < 4.78 is 17.9. The van der Waals surface area contributed by atoms with Crippen LogP contribution >= 0.6 is 0 Å². The summed E-state index contributed by atoms with van der Waals surface area (Å²) in [6.45, 7) is 2.19. The fourth-order valence-electron chi connectivity index (χ4n) is 2.27. The molecule has 1 unspecified atom stereocenters. The predicted octanol–water partition coefficient (Wildman–Crippen LogP) is 2.41. The third-order valence-electron chi connectivity index (χ3n) is 3.23. The average molecular weight is 251 g/mol. The standard InChI is InChI=1S/C14H18FNO2/c1-18-14(17)12-6-4-11(5-7-12)9-16-8-2-3-13(15)10-16/h4-7,13H,2-3,8-10H2,1H3. The minimum Gasteiger partial charge on any atom is -0.465 e. The van der Waals surface area contributed by atoms with Crippen molar-refractivity contribution in [3.8, 4) is 0 Å². The van der Waals surface area contributed by atoms with Gasteiger partial charge in [-0.05, 0) is 37.1 Å². The Morgan fingerprint density at radius 1 is 1.44 bits per heavy atom. The number of likely N-dealkylation sites (tertiary alicyclic amines) is 1. The lowest BCUT2D eigenvalue weighted by Gasteiger charge is -2.28. The molecule has 0 aliphatic carbocycles. The van der Waals surface area contributed by atoms with E-state index in [0.29, 0.717) is 18.5 Å². The number of hydrogen-bond acceptors (Lipinski definition) is 3. The molecule has 3 nitrogen and oxygen atoms in total. The van der Waals surface area contributed by atoms with Crippen molar-refractivity contribution in [1.29, 1.82) is 0 Å². The zero-order valence-corrected chi connectivity index (χ0v) is 10.6. The Morgan fingerprint density at radius 2 is 2.17 bits per heavy atom. The lowest BCUT2D eigenvalue weighted by Crippen LogP contribution is -2.35. The largest absolute Gasteiger partial charge is 0.465 e. The summed E-state index contributed by atoms with van der Waals surface area (Å²) in [5, 5.41) is 0. The van der Waals surface area contributed by atoms with Crippen LogP contribution in [0.25, 0.3) is 0 Å². The van der Waals surface area contributed by atoms with Gasteiger partial charge in [0.25, 0.3) is 0 Å². The van der Waals surface area contributed by atoms with Gasteiger partial charge in [0.2, 0.25) is 0 Å². The second-order valence-corrected chi connectivity index (χ2v) is 4.66. The number of nitrogens with zero attached hydrogens (tertiary/aromatic N) is 1. The van der Waals surface area contributed by atoms with Gasteiger partial charge in [0.05, 0.1) is 12.7 Å². The quantitative estimate of drug-likeness (QED) is 0.773. The van der Waals surface area contributed by atoms with E-state index >= 15 is 0 Å². The SMILES string of the molecule is COC(=O)c1ccc(CN2CCCC(F)C2)cc1. The average Bonchev–Trinajstić information content (AvgIpc) is 2.39. The molecule has 18 heavy (non-hydrogen) atoms. The second-order valence-electron chi connectivity index (χ2n) is 4.66. The minimum atomic E-state index is -0.701. The van der Waals surface area contributed by atoms with E-state index < -0.39 is 6.17 Å². The number of carbonyl (C=O) groups excluding carboxylic acids is 1. The van der Waals surface area contributed by atoms with Crippen LogP contribution in [0.4, 0.5) is 4.39 Å². The van der Waals surface area contributed by atoms with Crippen LogP contribution in [0.3, 0.4) is 0 Å². The Hall–Kier alpha value is -1.42. The monoisotopic (exact) mass is 251 g/mol. The van der Waals surface area contributed by atoms with Gasteiger partial charge in [-0.2, -0.15) is 0 Å². The molecular formula is C14H18FNO2. The van der Waals surface area contributed by atoms with E-state index in [-0.39, 0.29) is 5.97 Å². The van der Waals surface area contributed by atoms with Gasteiger partial charge in [0, 0.05) is 13.1 Å². The van der Waals surface area contributed by atoms with Gasteiger partial charge in [-0.25, -0.2) is 9.18 Å². The molecule has 0 aromatic heterocycles. The van der Waals surface area contributed by atoms with Crippen molar-refractivity contribution in [1.82, 2.24) is 4.90 Å². The van der Waals surface area contributed by atoms with Gasteiger partial charge in [-0.3, -0.25) is 4.90 Å². The van der Waals surface area contributed by atoms with Crippen LogP contribution < -0.4 is 0 Å². The predicted molar refractivity (Wildman–Crippen MR) is 67.2 cm³/mol. The minimum absolute atomic E-state index is 0.330. The van der Waals surface area contributed by atoms with Gasteiger partial charge < -0.3 is 4.74 Å². The van der Waals surface area contributed by atoms with Crippen molar-refractivity contribution in [3.05, 3.63) is 35.4 Å². The van der Waals surface area contributed by atoms with Crippen LogP contribution in [0.2, 0.25) is 0 Å². The molecule has 1 fully saturated rings. The summed E-state index contributed by atoms with van der Waals surface area (Å²) in [7, 11) is 1.37. The Labute approximate surface area is 107 Å². The first kappa shape index (κ1) is 13.0. The maximum absolute atomic E-state index is 13.2. The molecule has 98 valence electrons. The molecule has 1 atom stereocenters. The number of hydrogen-bond donors (Lipinski definition) is 0. The van der Waals surface area contributed by atoms with E-state index in [1.165, 1.54) is 7.11 Å². The number of benzene rings is 1. The fourth-order valence-corrected chi connectivity index (χ4v) is 2.27. The summed E-state index contributed by atoms with van der Waals surface area (Å²) in [6.07, 6.45) is 0.896. The third-order valence-corrected chi connectivity index (χ3v) is 3.23. The zero-order valence-electron chi connectivity index (χ0n) is 10.6. The Kier molecular flexibility index (Phi) is 4.31. The highest BCUT2D eigenvalue weighted by atomic mass is 19.1. The van der Waals surface area contributed by atoms with Crippen LogP contribution in [-0.2, 0) is 11.3 Å². The molecule has 2 rings (SSSR count). The number of esters is 1. The number of methoxy groups -OCH3 is 1. The van der Waals surface area contributed by atoms with Gasteiger partial charge in [0.1, 0.15) is 6.17 Å². The van der Waals surface area contributed by atoms with Crippen LogP contribution in [0.1, 0.15) is 28.8 Å². The first-order valence-electron chi connectivity index (χ1n) is 6.22. The summed E-state index contributed by atoms with van der Waals surface area (Å²) in [4.78, 5) is 13.4. The molecule has 1 aliphatic rings. The van der Waals surface area contributed by atoms with Crippen LogP contribution in [-0.4, -0.2) is 37.2 Å². The fraction of sp³-hybridized carbons (Fsp3) is 0.500. The van der Waals surface area contributed by atoms with E-state index in [1.807, 2.05) is 12.1 Å². The van der Waals surface area contributed by atoms with E-state index in [0.717, 1.165) is 25.1 Å². The number of alkyl halides is 1. The van der Waals surface area contributed by atoms with Crippen LogP contribution in [0.5, 0.6) is 0 Å². The topological polar surface area (TPSA) is 29.5 Å². The maximum atomic E-state index is 13.2. The number of piperidine rings is 1. The molecule has 0 N–H and O–H groups in total. The highest BCUT2D eigenvalue weighted by Crippen LogP contribution is 2.16. The normalized spacial score (nSPS) is 20.7. The molecule has 0 spiro atoms. The molecule has 0 bridgehead atoms.